The molecule has 1 fully saturated rings. The summed E-state index contributed by atoms with van der Waals surface area (Å²) in [5, 5.41) is 2.93. The molecule has 0 radical (unpaired) electrons. The molecule has 1 saturated heterocycles. The summed E-state index contributed by atoms with van der Waals surface area (Å²) in [6.07, 6.45) is -2.09. The first-order chi connectivity index (χ1) is 6.67. The topological polar surface area (TPSA) is 21.3 Å². The summed E-state index contributed by atoms with van der Waals surface area (Å²) >= 11 is 0. The van der Waals surface area contributed by atoms with Crippen molar-refractivity contribution < 1.29 is 13.5 Å². The Morgan fingerprint density at radius 1 is 1.27 bits per heavy atom. The van der Waals surface area contributed by atoms with Gasteiger partial charge >= 0.3 is 0 Å². The van der Waals surface area contributed by atoms with Gasteiger partial charge in [-0.2, -0.15) is 0 Å². The zero-order valence-electron chi connectivity index (χ0n) is 10.2. The molecular weight excluding hydrogens is 200 g/mol. The van der Waals surface area contributed by atoms with Gasteiger partial charge in [-0.3, -0.25) is 0 Å². The van der Waals surface area contributed by atoms with Crippen LogP contribution in [0.4, 0.5) is 8.78 Å². The maximum Gasteiger partial charge on any atom is 0.259 e. The van der Waals surface area contributed by atoms with Gasteiger partial charge in [0.25, 0.3) is 6.43 Å². The standard InChI is InChI=1S/C11H21F2NO/c1-6-14-11(8(12)13)7-9(2,3)15-10(11,4)5/h8,14H,6-7H2,1-5H3. The molecule has 1 aliphatic rings. The molecule has 0 aromatic rings. The van der Waals surface area contributed by atoms with Crippen LogP contribution in [0.2, 0.25) is 0 Å². The molecule has 0 spiro atoms. The van der Waals surface area contributed by atoms with Crippen LogP contribution in [0.1, 0.15) is 41.0 Å². The highest BCUT2D eigenvalue weighted by Crippen LogP contribution is 2.47. The van der Waals surface area contributed by atoms with Gasteiger partial charge in [0.15, 0.2) is 0 Å². The number of nitrogens with one attached hydrogen (secondary N) is 1. The van der Waals surface area contributed by atoms with E-state index in [-0.39, 0.29) is 0 Å². The molecule has 4 heteroatoms. The van der Waals surface area contributed by atoms with Crippen LogP contribution in [0.15, 0.2) is 0 Å². The summed E-state index contributed by atoms with van der Waals surface area (Å²) in [5.41, 5.74) is -2.58. The third-order valence-electron chi connectivity index (χ3n) is 3.18. The summed E-state index contributed by atoms with van der Waals surface area (Å²) in [6.45, 7) is 9.54. The second kappa shape index (κ2) is 3.67. The minimum atomic E-state index is -2.42. The van der Waals surface area contributed by atoms with Crippen molar-refractivity contribution in [3.05, 3.63) is 0 Å². The molecule has 0 aliphatic carbocycles. The highest BCUT2D eigenvalue weighted by atomic mass is 19.3. The first-order valence-corrected chi connectivity index (χ1v) is 5.40. The molecule has 1 rings (SSSR count). The average molecular weight is 221 g/mol. The Balaban J connectivity index is 3.07. The maximum atomic E-state index is 13.3. The van der Waals surface area contributed by atoms with E-state index in [1.807, 2.05) is 20.8 Å². The third-order valence-corrected chi connectivity index (χ3v) is 3.18. The number of hydrogen-bond donors (Lipinski definition) is 1. The molecule has 1 atom stereocenters. The first-order valence-electron chi connectivity index (χ1n) is 5.40. The SMILES string of the molecule is CCNC1(C(F)F)CC(C)(C)OC1(C)C. The average Bonchev–Trinajstić information content (AvgIpc) is 2.17. The summed E-state index contributed by atoms with van der Waals surface area (Å²) in [6, 6.07) is 0. The predicted molar refractivity (Wildman–Crippen MR) is 56.3 cm³/mol. The highest BCUT2D eigenvalue weighted by Gasteiger charge is 2.61. The molecular formula is C11H21F2NO. The molecule has 1 N–H and O–H groups in total. The van der Waals surface area contributed by atoms with Crippen LogP contribution in [0.5, 0.6) is 0 Å². The fourth-order valence-electron chi connectivity index (χ4n) is 2.71. The Kier molecular flexibility index (Phi) is 3.14. The van der Waals surface area contributed by atoms with E-state index in [4.69, 9.17) is 4.74 Å². The zero-order chi connectivity index (χ0) is 11.9. The molecule has 0 saturated carbocycles. The van der Waals surface area contributed by atoms with E-state index in [1.165, 1.54) is 0 Å². The van der Waals surface area contributed by atoms with Crippen LogP contribution in [0.3, 0.4) is 0 Å². The van der Waals surface area contributed by atoms with Gasteiger partial charge in [-0.05, 0) is 34.2 Å². The molecule has 0 aromatic heterocycles. The normalized spacial score (nSPS) is 33.6. The lowest BCUT2D eigenvalue weighted by atomic mass is 9.79. The van der Waals surface area contributed by atoms with E-state index >= 15 is 0 Å². The molecule has 0 aromatic carbocycles. The van der Waals surface area contributed by atoms with Gasteiger partial charge in [-0.1, -0.05) is 6.92 Å². The first kappa shape index (κ1) is 12.8. The van der Waals surface area contributed by atoms with Gasteiger partial charge in [0.05, 0.1) is 11.2 Å². The van der Waals surface area contributed by atoms with E-state index in [0.717, 1.165) is 0 Å². The molecule has 90 valence electrons. The van der Waals surface area contributed by atoms with E-state index in [2.05, 4.69) is 5.32 Å². The van der Waals surface area contributed by atoms with Crippen LogP contribution in [0, 0.1) is 0 Å². The third kappa shape index (κ3) is 2.02. The van der Waals surface area contributed by atoms with Crippen LogP contribution in [-0.2, 0) is 4.74 Å². The van der Waals surface area contributed by atoms with Crippen molar-refractivity contribution in [3.8, 4) is 0 Å². The van der Waals surface area contributed by atoms with Gasteiger partial charge in [-0.15, -0.1) is 0 Å². The summed E-state index contributed by atoms with van der Waals surface area (Å²) in [5.74, 6) is 0. The summed E-state index contributed by atoms with van der Waals surface area (Å²) in [4.78, 5) is 0. The lowest BCUT2D eigenvalue weighted by Crippen LogP contribution is -2.62. The van der Waals surface area contributed by atoms with Crippen LogP contribution in [-0.4, -0.2) is 29.7 Å². The van der Waals surface area contributed by atoms with Crippen molar-refractivity contribution >= 4 is 0 Å². The van der Waals surface area contributed by atoms with Gasteiger partial charge in [-0.25, -0.2) is 8.78 Å². The quantitative estimate of drug-likeness (QED) is 0.791. The Labute approximate surface area is 90.4 Å². The van der Waals surface area contributed by atoms with E-state index in [9.17, 15) is 8.78 Å². The molecule has 1 aliphatic heterocycles. The van der Waals surface area contributed by atoms with E-state index < -0.39 is 23.2 Å². The van der Waals surface area contributed by atoms with Crippen LogP contribution < -0.4 is 5.32 Å². The van der Waals surface area contributed by atoms with Crippen LogP contribution in [0.25, 0.3) is 0 Å². The van der Waals surface area contributed by atoms with E-state index in [1.54, 1.807) is 13.8 Å². The Hall–Kier alpha value is -0.220. The summed E-state index contributed by atoms with van der Waals surface area (Å²) in [7, 11) is 0. The van der Waals surface area contributed by atoms with E-state index in [0.29, 0.717) is 13.0 Å². The molecule has 2 nitrogen and oxygen atoms in total. The molecule has 0 bridgehead atoms. The van der Waals surface area contributed by atoms with Gasteiger partial charge < -0.3 is 10.1 Å². The van der Waals surface area contributed by atoms with Crippen molar-refractivity contribution in [1.29, 1.82) is 0 Å². The number of halogens is 2. The number of rotatable bonds is 3. The number of hydrogen-bond acceptors (Lipinski definition) is 2. The monoisotopic (exact) mass is 221 g/mol. The highest BCUT2D eigenvalue weighted by molar-refractivity contribution is 5.12. The van der Waals surface area contributed by atoms with Gasteiger partial charge in [0.1, 0.15) is 5.54 Å². The predicted octanol–water partition coefficient (Wildman–Crippen LogP) is 2.58. The van der Waals surface area contributed by atoms with Crippen molar-refractivity contribution in [2.75, 3.05) is 6.54 Å². The smallest absolute Gasteiger partial charge is 0.259 e. The van der Waals surface area contributed by atoms with Gasteiger partial charge in [0.2, 0.25) is 0 Å². The number of alkyl halides is 2. The second-order valence-corrected chi connectivity index (χ2v) is 5.35. The number of likely N-dealkylation sites (N-methyl/N-ethyl adjacent to an activating group) is 1. The molecule has 1 unspecified atom stereocenters. The van der Waals surface area contributed by atoms with Gasteiger partial charge in [0, 0.05) is 6.42 Å². The Bertz CT molecular complexity index is 241. The molecule has 1 heterocycles. The maximum absolute atomic E-state index is 13.3. The minimum absolute atomic E-state index is 0.332. The van der Waals surface area contributed by atoms with Crippen molar-refractivity contribution in [3.63, 3.8) is 0 Å². The van der Waals surface area contributed by atoms with Crippen molar-refractivity contribution in [2.45, 2.75) is 64.2 Å². The lowest BCUT2D eigenvalue weighted by molar-refractivity contribution is -0.109. The Morgan fingerprint density at radius 3 is 2.07 bits per heavy atom. The molecule has 15 heavy (non-hydrogen) atoms. The Morgan fingerprint density at radius 2 is 1.80 bits per heavy atom. The lowest BCUT2D eigenvalue weighted by Gasteiger charge is -2.39. The molecule has 0 amide bonds. The second-order valence-electron chi connectivity index (χ2n) is 5.35. The zero-order valence-corrected chi connectivity index (χ0v) is 10.2. The fraction of sp³-hybridized carbons (Fsp3) is 1.00. The minimum Gasteiger partial charge on any atom is -0.367 e. The fourth-order valence-corrected chi connectivity index (χ4v) is 2.71. The summed E-state index contributed by atoms with van der Waals surface area (Å²) < 4.78 is 32.3. The number of ether oxygens (including phenoxy) is 1. The largest absolute Gasteiger partial charge is 0.367 e. The van der Waals surface area contributed by atoms with Crippen molar-refractivity contribution in [2.24, 2.45) is 0 Å². The van der Waals surface area contributed by atoms with Crippen LogP contribution >= 0.6 is 0 Å². The van der Waals surface area contributed by atoms with Crippen molar-refractivity contribution in [1.82, 2.24) is 5.32 Å².